The Kier molecular flexibility index (Phi) is 4.90. The van der Waals surface area contributed by atoms with Gasteiger partial charge in [-0.3, -0.25) is 9.62 Å². The van der Waals surface area contributed by atoms with Crippen LogP contribution < -0.4 is 4.72 Å². The van der Waals surface area contributed by atoms with E-state index in [9.17, 15) is 13.2 Å². The minimum absolute atomic E-state index is 0.292. The van der Waals surface area contributed by atoms with Crippen molar-refractivity contribution < 1.29 is 13.2 Å². The van der Waals surface area contributed by atoms with Gasteiger partial charge >= 0.3 is 0 Å². The number of likely N-dealkylation sites (tertiary alicyclic amines) is 1. The molecule has 3 rings (SSSR count). The third-order valence-electron chi connectivity index (χ3n) is 4.54. The zero-order valence-corrected chi connectivity index (χ0v) is 14.1. The standard InChI is InChI=1S/C18H19F3N2S/c1-23-11-18(20,21)17(22-24)16(23)9-12-4-2-5-13(8-12)14-6-3-7-15(19)10-14/h2-8,10,16-17,22,24H,9,11H2,1H3. The van der Waals surface area contributed by atoms with Crippen molar-refractivity contribution in [3.63, 3.8) is 0 Å². The van der Waals surface area contributed by atoms with Crippen LogP contribution in [-0.4, -0.2) is 36.5 Å². The molecule has 0 amide bonds. The van der Waals surface area contributed by atoms with Gasteiger partial charge in [-0.2, -0.15) is 0 Å². The molecule has 2 aromatic carbocycles. The molecule has 2 aromatic rings. The van der Waals surface area contributed by atoms with Crippen molar-refractivity contribution in [1.29, 1.82) is 0 Å². The molecule has 0 spiro atoms. The van der Waals surface area contributed by atoms with Crippen molar-refractivity contribution in [2.45, 2.75) is 24.4 Å². The first kappa shape index (κ1) is 17.3. The van der Waals surface area contributed by atoms with Crippen LogP contribution in [0.15, 0.2) is 48.5 Å². The van der Waals surface area contributed by atoms with Gasteiger partial charge in [0.25, 0.3) is 5.92 Å². The van der Waals surface area contributed by atoms with E-state index in [-0.39, 0.29) is 18.4 Å². The molecule has 6 heteroatoms. The molecule has 0 radical (unpaired) electrons. The summed E-state index contributed by atoms with van der Waals surface area (Å²) in [4.78, 5) is 1.66. The Labute approximate surface area is 145 Å². The van der Waals surface area contributed by atoms with Gasteiger partial charge in [-0.1, -0.05) is 49.2 Å². The molecule has 2 atom stereocenters. The van der Waals surface area contributed by atoms with E-state index < -0.39 is 12.0 Å². The van der Waals surface area contributed by atoms with E-state index in [2.05, 4.69) is 17.5 Å². The molecule has 1 N–H and O–H groups in total. The number of likely N-dealkylation sites (N-methyl/N-ethyl adjacent to an activating group) is 1. The molecule has 2 unspecified atom stereocenters. The highest BCUT2D eigenvalue weighted by Crippen LogP contribution is 2.34. The zero-order valence-electron chi connectivity index (χ0n) is 13.2. The lowest BCUT2D eigenvalue weighted by atomic mass is 9.96. The van der Waals surface area contributed by atoms with Gasteiger partial charge in [0, 0.05) is 6.04 Å². The van der Waals surface area contributed by atoms with Gasteiger partial charge in [0.1, 0.15) is 5.82 Å². The summed E-state index contributed by atoms with van der Waals surface area (Å²) >= 11 is 3.89. The maximum Gasteiger partial charge on any atom is 0.277 e. The highest BCUT2D eigenvalue weighted by molar-refractivity contribution is 7.78. The summed E-state index contributed by atoms with van der Waals surface area (Å²) < 4.78 is 43.9. The number of hydrogen-bond acceptors (Lipinski definition) is 3. The molecular formula is C18H19F3N2S. The topological polar surface area (TPSA) is 15.3 Å². The first-order chi connectivity index (χ1) is 11.4. The van der Waals surface area contributed by atoms with Crippen LogP contribution in [-0.2, 0) is 6.42 Å². The molecule has 2 nitrogen and oxygen atoms in total. The summed E-state index contributed by atoms with van der Waals surface area (Å²) in [5.74, 6) is -3.12. The van der Waals surface area contributed by atoms with Gasteiger partial charge in [-0.15, -0.1) is 0 Å². The first-order valence-electron chi connectivity index (χ1n) is 7.73. The summed E-state index contributed by atoms with van der Waals surface area (Å²) in [6.07, 6.45) is 0.466. The minimum Gasteiger partial charge on any atom is -0.295 e. The number of hydrogen-bond donors (Lipinski definition) is 2. The molecule has 1 heterocycles. The number of benzene rings is 2. The van der Waals surface area contributed by atoms with Gasteiger partial charge in [0.15, 0.2) is 0 Å². The van der Waals surface area contributed by atoms with E-state index in [1.54, 1.807) is 18.0 Å². The van der Waals surface area contributed by atoms with Crippen molar-refractivity contribution in [1.82, 2.24) is 9.62 Å². The molecule has 24 heavy (non-hydrogen) atoms. The van der Waals surface area contributed by atoms with Crippen molar-refractivity contribution in [2.24, 2.45) is 0 Å². The lowest BCUT2D eigenvalue weighted by Crippen LogP contribution is -2.45. The summed E-state index contributed by atoms with van der Waals surface area (Å²) in [5.41, 5.74) is 2.57. The Bertz CT molecular complexity index is 723. The molecule has 1 aliphatic rings. The van der Waals surface area contributed by atoms with Crippen LogP contribution in [0.4, 0.5) is 13.2 Å². The van der Waals surface area contributed by atoms with Crippen LogP contribution in [0.1, 0.15) is 5.56 Å². The molecule has 128 valence electrons. The monoisotopic (exact) mass is 352 g/mol. The SMILES string of the molecule is CN1CC(F)(F)C(NS)C1Cc1cccc(-c2cccc(F)c2)c1. The third kappa shape index (κ3) is 3.45. The zero-order chi connectivity index (χ0) is 17.3. The van der Waals surface area contributed by atoms with Crippen LogP contribution in [0.2, 0.25) is 0 Å². The Hall–Kier alpha value is -1.50. The maximum atomic E-state index is 14.0. The summed E-state index contributed by atoms with van der Waals surface area (Å²) in [6.45, 7) is -0.292. The quantitative estimate of drug-likeness (QED) is 0.814. The smallest absolute Gasteiger partial charge is 0.277 e. The lowest BCUT2D eigenvalue weighted by molar-refractivity contribution is -0.00408. The average Bonchev–Trinajstić information content (AvgIpc) is 2.75. The summed E-state index contributed by atoms with van der Waals surface area (Å²) in [5, 5.41) is 0. The maximum absolute atomic E-state index is 14.0. The minimum atomic E-state index is -2.82. The molecule has 1 aliphatic heterocycles. The van der Waals surface area contributed by atoms with Gasteiger partial charge in [0.2, 0.25) is 0 Å². The fourth-order valence-electron chi connectivity index (χ4n) is 3.33. The number of rotatable bonds is 4. The predicted molar refractivity (Wildman–Crippen MR) is 92.8 cm³/mol. The van der Waals surface area contributed by atoms with Crippen molar-refractivity contribution in [3.8, 4) is 11.1 Å². The van der Waals surface area contributed by atoms with E-state index in [0.717, 1.165) is 16.7 Å². The lowest BCUT2D eigenvalue weighted by Gasteiger charge is -2.25. The average molecular weight is 352 g/mol. The number of nitrogens with zero attached hydrogens (tertiary/aromatic N) is 1. The van der Waals surface area contributed by atoms with Crippen molar-refractivity contribution in [3.05, 3.63) is 59.9 Å². The molecule has 0 saturated carbocycles. The Balaban J connectivity index is 1.85. The highest BCUT2D eigenvalue weighted by Gasteiger charge is 2.52. The fraction of sp³-hybridized carbons (Fsp3) is 0.333. The fourth-order valence-corrected chi connectivity index (χ4v) is 3.69. The molecule has 1 saturated heterocycles. The molecule has 0 aliphatic carbocycles. The van der Waals surface area contributed by atoms with Crippen LogP contribution >= 0.6 is 12.8 Å². The van der Waals surface area contributed by atoms with Gasteiger partial charge in [0.05, 0.1) is 12.6 Å². The van der Waals surface area contributed by atoms with Crippen LogP contribution in [0.5, 0.6) is 0 Å². The van der Waals surface area contributed by atoms with Gasteiger partial charge < -0.3 is 0 Å². The molecule has 0 bridgehead atoms. The van der Waals surface area contributed by atoms with E-state index in [4.69, 9.17) is 0 Å². The largest absolute Gasteiger partial charge is 0.295 e. The molecular weight excluding hydrogens is 333 g/mol. The van der Waals surface area contributed by atoms with E-state index in [1.165, 1.54) is 12.1 Å². The van der Waals surface area contributed by atoms with Crippen LogP contribution in [0, 0.1) is 5.82 Å². The Morgan fingerprint density at radius 2 is 1.83 bits per heavy atom. The number of alkyl halides is 2. The van der Waals surface area contributed by atoms with Crippen molar-refractivity contribution >= 4 is 12.8 Å². The van der Waals surface area contributed by atoms with E-state index >= 15 is 0 Å². The normalized spacial score (nSPS) is 23.5. The number of thiol groups is 1. The Morgan fingerprint density at radius 1 is 1.17 bits per heavy atom. The molecule has 1 fully saturated rings. The number of nitrogens with one attached hydrogen (secondary N) is 1. The second kappa shape index (κ2) is 6.78. The second-order valence-electron chi connectivity index (χ2n) is 6.27. The summed E-state index contributed by atoms with van der Waals surface area (Å²) in [6, 6.07) is 12.6. The third-order valence-corrected chi connectivity index (χ3v) is 4.81. The molecule has 0 aromatic heterocycles. The number of halogens is 3. The van der Waals surface area contributed by atoms with Crippen LogP contribution in [0.3, 0.4) is 0 Å². The first-order valence-corrected chi connectivity index (χ1v) is 8.18. The van der Waals surface area contributed by atoms with E-state index in [0.29, 0.717) is 6.42 Å². The highest BCUT2D eigenvalue weighted by atomic mass is 32.1. The van der Waals surface area contributed by atoms with Crippen molar-refractivity contribution in [2.75, 3.05) is 13.6 Å². The Morgan fingerprint density at radius 3 is 2.50 bits per heavy atom. The van der Waals surface area contributed by atoms with Crippen LogP contribution in [0.25, 0.3) is 11.1 Å². The summed E-state index contributed by atoms with van der Waals surface area (Å²) in [7, 11) is 1.69. The predicted octanol–water partition coefficient (Wildman–Crippen LogP) is 3.79. The van der Waals surface area contributed by atoms with E-state index in [1.807, 2.05) is 30.3 Å². The van der Waals surface area contributed by atoms with Gasteiger partial charge in [-0.25, -0.2) is 13.2 Å². The second-order valence-corrected chi connectivity index (χ2v) is 6.52. The van der Waals surface area contributed by atoms with Gasteiger partial charge in [-0.05, 0) is 42.3 Å².